The van der Waals surface area contributed by atoms with Crippen LogP contribution < -0.4 is 28.4 Å². The standard InChI is InChI=1S/C38H58O6/c1-7-13-19-39-33-25-29-30-26-34(40-20-14-8-2)36(42-22-16-10-4)28-32(30)38(44-24-18-12-6)37(43-23-17-11-5)31(29)27-35(33)41-21-15-9-3/h25-28H,7-24H2,1-6H3. The fourth-order valence-corrected chi connectivity index (χ4v) is 4.87. The largest absolute Gasteiger partial charge is 0.490 e. The van der Waals surface area contributed by atoms with E-state index in [2.05, 4.69) is 65.8 Å². The molecule has 6 nitrogen and oxygen atoms in total. The zero-order chi connectivity index (χ0) is 31.6. The maximum Gasteiger partial charge on any atom is 0.169 e. The number of rotatable bonds is 24. The zero-order valence-corrected chi connectivity index (χ0v) is 28.5. The second-order valence-corrected chi connectivity index (χ2v) is 11.6. The van der Waals surface area contributed by atoms with Crippen LogP contribution in [0.25, 0.3) is 21.5 Å². The maximum absolute atomic E-state index is 6.60. The minimum atomic E-state index is 0.611. The Kier molecular flexibility index (Phi) is 16.2. The quantitative estimate of drug-likeness (QED) is 0.0743. The Hall–Kier alpha value is -3.02. The van der Waals surface area contributed by atoms with Crippen molar-refractivity contribution in [2.45, 2.75) is 119 Å². The summed E-state index contributed by atoms with van der Waals surface area (Å²) in [5, 5.41) is 4.00. The molecular weight excluding hydrogens is 552 g/mol. The van der Waals surface area contributed by atoms with Gasteiger partial charge in [0.25, 0.3) is 0 Å². The SMILES string of the molecule is CCCCOc1cc2c(OCCCC)c(OCCCC)c3cc(OCCCC)c(OCCCC)cc3c2cc1OCCCC. The van der Waals surface area contributed by atoms with E-state index in [9.17, 15) is 0 Å². The van der Waals surface area contributed by atoms with Gasteiger partial charge < -0.3 is 28.4 Å². The van der Waals surface area contributed by atoms with Crippen LogP contribution in [0.3, 0.4) is 0 Å². The number of fused-ring (bicyclic) bond motifs is 3. The molecule has 0 aliphatic carbocycles. The predicted molar refractivity (Wildman–Crippen MR) is 184 cm³/mol. The van der Waals surface area contributed by atoms with Gasteiger partial charge in [-0.25, -0.2) is 0 Å². The number of unbranched alkanes of at least 4 members (excludes halogenated alkanes) is 6. The third-order valence-corrected chi connectivity index (χ3v) is 7.66. The summed E-state index contributed by atoms with van der Waals surface area (Å²) < 4.78 is 38.6. The van der Waals surface area contributed by atoms with E-state index in [1.54, 1.807) is 0 Å². The summed E-state index contributed by atoms with van der Waals surface area (Å²) in [4.78, 5) is 0. The lowest BCUT2D eigenvalue weighted by molar-refractivity contribution is 0.260. The Morgan fingerprint density at radius 3 is 0.795 bits per heavy atom. The fourth-order valence-electron chi connectivity index (χ4n) is 4.87. The summed E-state index contributed by atoms with van der Waals surface area (Å²) in [6, 6.07) is 8.46. The van der Waals surface area contributed by atoms with E-state index in [1.165, 1.54) is 0 Å². The molecule has 0 saturated heterocycles. The summed E-state index contributed by atoms with van der Waals surface area (Å²) in [5.74, 6) is 4.55. The van der Waals surface area contributed by atoms with Crippen molar-refractivity contribution in [1.82, 2.24) is 0 Å². The van der Waals surface area contributed by atoms with Gasteiger partial charge in [0.15, 0.2) is 34.5 Å². The molecular formula is C38H58O6. The van der Waals surface area contributed by atoms with Crippen molar-refractivity contribution in [2.24, 2.45) is 0 Å². The van der Waals surface area contributed by atoms with Gasteiger partial charge in [0.2, 0.25) is 0 Å². The lowest BCUT2D eigenvalue weighted by Gasteiger charge is -2.22. The smallest absolute Gasteiger partial charge is 0.169 e. The van der Waals surface area contributed by atoms with Crippen molar-refractivity contribution in [1.29, 1.82) is 0 Å². The van der Waals surface area contributed by atoms with Crippen LogP contribution in [-0.4, -0.2) is 39.6 Å². The molecule has 0 saturated carbocycles. The molecule has 0 bridgehead atoms. The average molecular weight is 611 g/mol. The van der Waals surface area contributed by atoms with Gasteiger partial charge in [0, 0.05) is 10.8 Å². The van der Waals surface area contributed by atoms with E-state index in [0.29, 0.717) is 39.6 Å². The first kappa shape index (κ1) is 35.5. The Bertz CT molecular complexity index is 1160. The molecule has 0 aromatic heterocycles. The van der Waals surface area contributed by atoms with E-state index in [0.717, 1.165) is 133 Å². The fraction of sp³-hybridized carbons (Fsp3) is 0.632. The van der Waals surface area contributed by atoms with Crippen LogP contribution in [-0.2, 0) is 0 Å². The van der Waals surface area contributed by atoms with Crippen LogP contribution in [0, 0.1) is 0 Å². The third-order valence-electron chi connectivity index (χ3n) is 7.66. The van der Waals surface area contributed by atoms with Crippen LogP contribution in [0.1, 0.15) is 119 Å². The highest BCUT2D eigenvalue weighted by atomic mass is 16.5. The van der Waals surface area contributed by atoms with Crippen LogP contribution >= 0.6 is 0 Å². The Morgan fingerprint density at radius 1 is 0.318 bits per heavy atom. The minimum Gasteiger partial charge on any atom is -0.490 e. The highest BCUT2D eigenvalue weighted by molar-refractivity contribution is 6.15. The first-order valence-electron chi connectivity index (χ1n) is 17.5. The zero-order valence-electron chi connectivity index (χ0n) is 28.5. The molecule has 0 unspecified atom stereocenters. The number of ether oxygens (including phenoxy) is 6. The van der Waals surface area contributed by atoms with Crippen molar-refractivity contribution in [3.05, 3.63) is 24.3 Å². The summed E-state index contributed by atoms with van der Waals surface area (Å²) in [6.45, 7) is 16.8. The number of benzene rings is 3. The maximum atomic E-state index is 6.60. The molecule has 44 heavy (non-hydrogen) atoms. The molecule has 0 radical (unpaired) electrons. The molecule has 0 fully saturated rings. The van der Waals surface area contributed by atoms with Gasteiger partial charge in [-0.3, -0.25) is 0 Å². The summed E-state index contributed by atoms with van der Waals surface area (Å²) in [7, 11) is 0. The molecule has 0 spiro atoms. The van der Waals surface area contributed by atoms with Crippen LogP contribution in [0.15, 0.2) is 24.3 Å². The normalized spacial score (nSPS) is 11.2. The topological polar surface area (TPSA) is 55.4 Å². The lowest BCUT2D eigenvalue weighted by atomic mass is 9.98. The van der Waals surface area contributed by atoms with Crippen LogP contribution in [0.5, 0.6) is 34.5 Å². The van der Waals surface area contributed by atoms with E-state index in [4.69, 9.17) is 28.4 Å². The predicted octanol–water partition coefficient (Wildman–Crippen LogP) is 11.1. The molecule has 3 aromatic rings. The number of hydrogen-bond acceptors (Lipinski definition) is 6. The van der Waals surface area contributed by atoms with Crippen LogP contribution in [0.2, 0.25) is 0 Å². The van der Waals surface area contributed by atoms with Gasteiger partial charge in [-0.15, -0.1) is 0 Å². The monoisotopic (exact) mass is 610 g/mol. The molecule has 0 aliphatic rings. The van der Waals surface area contributed by atoms with Crippen molar-refractivity contribution in [2.75, 3.05) is 39.6 Å². The Balaban J connectivity index is 2.35. The van der Waals surface area contributed by atoms with E-state index >= 15 is 0 Å². The molecule has 0 N–H and O–H groups in total. The Morgan fingerprint density at radius 2 is 0.545 bits per heavy atom. The summed E-state index contributed by atoms with van der Waals surface area (Å²) in [5.41, 5.74) is 0. The molecule has 0 atom stereocenters. The molecule has 0 aliphatic heterocycles. The van der Waals surface area contributed by atoms with Gasteiger partial charge in [0.1, 0.15) is 0 Å². The molecule has 246 valence electrons. The molecule has 3 rings (SSSR count). The summed E-state index contributed by atoms with van der Waals surface area (Å²) >= 11 is 0. The number of hydrogen-bond donors (Lipinski definition) is 0. The molecule has 0 heterocycles. The van der Waals surface area contributed by atoms with Crippen molar-refractivity contribution in [3.63, 3.8) is 0 Å². The van der Waals surface area contributed by atoms with Gasteiger partial charge >= 0.3 is 0 Å². The second-order valence-electron chi connectivity index (χ2n) is 11.6. The molecule has 0 amide bonds. The van der Waals surface area contributed by atoms with E-state index < -0.39 is 0 Å². The highest BCUT2D eigenvalue weighted by Gasteiger charge is 2.23. The van der Waals surface area contributed by atoms with Gasteiger partial charge in [-0.2, -0.15) is 0 Å². The summed E-state index contributed by atoms with van der Waals surface area (Å²) in [6.07, 6.45) is 12.2. The van der Waals surface area contributed by atoms with E-state index in [1.807, 2.05) is 0 Å². The Labute approximate surface area is 266 Å². The minimum absolute atomic E-state index is 0.611. The van der Waals surface area contributed by atoms with Crippen LogP contribution in [0.4, 0.5) is 0 Å². The van der Waals surface area contributed by atoms with Crippen molar-refractivity contribution in [3.8, 4) is 34.5 Å². The van der Waals surface area contributed by atoms with Gasteiger partial charge in [0.05, 0.1) is 39.6 Å². The van der Waals surface area contributed by atoms with Crippen molar-refractivity contribution >= 4 is 21.5 Å². The third kappa shape index (κ3) is 10.0. The second kappa shape index (κ2) is 20.1. The first-order chi connectivity index (χ1) is 21.6. The van der Waals surface area contributed by atoms with Gasteiger partial charge in [-0.05, 0) is 73.6 Å². The van der Waals surface area contributed by atoms with Crippen molar-refractivity contribution < 1.29 is 28.4 Å². The molecule has 6 heteroatoms. The average Bonchev–Trinajstić information content (AvgIpc) is 3.03. The highest BCUT2D eigenvalue weighted by Crippen LogP contribution is 2.50. The van der Waals surface area contributed by atoms with E-state index in [-0.39, 0.29) is 0 Å². The first-order valence-corrected chi connectivity index (χ1v) is 17.5. The van der Waals surface area contributed by atoms with Gasteiger partial charge in [-0.1, -0.05) is 80.1 Å². The lowest BCUT2D eigenvalue weighted by Crippen LogP contribution is -2.06. The molecule has 3 aromatic carbocycles.